The molecule has 0 bridgehead atoms. The zero-order chi connectivity index (χ0) is 22.1. The van der Waals surface area contributed by atoms with Gasteiger partial charge in [0.25, 0.3) is 5.91 Å². The molecule has 4 rings (SSSR count). The number of aromatic carboxylic acids is 1. The molecule has 0 aliphatic carbocycles. The number of carboxylic acid groups (broad SMARTS) is 2. The molecule has 2 atom stereocenters. The monoisotopic (exact) mass is 529 g/mol. The number of hydrogen-bond acceptors (Lipinski definition) is 9. The number of H-pyrrole nitrogens is 1. The van der Waals surface area contributed by atoms with Crippen molar-refractivity contribution in [2.24, 2.45) is 0 Å². The number of nitrogens with zero attached hydrogens (tertiary/aromatic N) is 3. The van der Waals surface area contributed by atoms with Gasteiger partial charge in [-0.3, -0.25) is 19.6 Å². The molecule has 0 saturated carbocycles. The van der Waals surface area contributed by atoms with Gasteiger partial charge in [0, 0.05) is 11.5 Å². The molecule has 166 valence electrons. The van der Waals surface area contributed by atoms with Crippen molar-refractivity contribution in [3.8, 4) is 0 Å². The minimum absolute atomic E-state index is 0. The summed E-state index contributed by atoms with van der Waals surface area (Å²) in [6.45, 7) is 0. The molecule has 2 aliphatic rings. The second kappa shape index (κ2) is 12.2. The summed E-state index contributed by atoms with van der Waals surface area (Å²) in [5, 5.41) is 29.5. The van der Waals surface area contributed by atoms with Gasteiger partial charge in [-0.2, -0.15) is 5.10 Å². The van der Waals surface area contributed by atoms with E-state index >= 15 is 0 Å². The third-order valence-corrected chi connectivity index (χ3v) is 7.88. The normalized spacial score (nSPS) is 19.0. The third kappa shape index (κ3) is 6.05. The van der Waals surface area contributed by atoms with E-state index in [9.17, 15) is 24.3 Å². The number of thiophene rings is 1. The Bertz CT molecular complexity index is 1100. The first-order chi connectivity index (χ1) is 14.9. The standard InChI is InChI=1S/C17H15N5O6S3.2Na.2H/c23-9(3-7-1-2-29-12(7)16(27)28)20-10-13(24)22-11(15(25)26)8(4-30-14(10)22)5-31-17-18-6-19-21-17;;;;/h1-2,6,10,14H,3-5H2,(H,20,23)(H,25,26)(H,27,28)(H,18,19,21);;;;/q;2*+1;2*-1/t10?,14-;;;;/m1..../s1. The Balaban J connectivity index is 0.00000289. The van der Waals surface area contributed by atoms with Crippen LogP contribution in [0.2, 0.25) is 0 Å². The van der Waals surface area contributed by atoms with Gasteiger partial charge in [-0.1, -0.05) is 11.8 Å². The molecule has 2 aromatic rings. The summed E-state index contributed by atoms with van der Waals surface area (Å²) in [6, 6.07) is 0.698. The number of aromatic amines is 1. The van der Waals surface area contributed by atoms with E-state index in [-0.39, 0.29) is 79.0 Å². The number of carboxylic acids is 2. The Kier molecular flexibility index (Phi) is 10.5. The zero-order valence-corrected chi connectivity index (χ0v) is 24.1. The minimum Gasteiger partial charge on any atom is -1.00 e. The van der Waals surface area contributed by atoms with E-state index in [1.54, 1.807) is 11.4 Å². The van der Waals surface area contributed by atoms with Crippen LogP contribution in [0.25, 0.3) is 0 Å². The molecule has 2 amide bonds. The molecule has 0 aromatic carbocycles. The van der Waals surface area contributed by atoms with Gasteiger partial charge in [0.15, 0.2) is 5.16 Å². The molecule has 1 unspecified atom stereocenters. The average Bonchev–Trinajstić information content (AvgIpc) is 3.41. The van der Waals surface area contributed by atoms with Gasteiger partial charge in [0.1, 0.15) is 28.3 Å². The van der Waals surface area contributed by atoms with Gasteiger partial charge in [0.05, 0.1) is 6.42 Å². The zero-order valence-electron chi connectivity index (χ0n) is 19.6. The van der Waals surface area contributed by atoms with Crippen LogP contribution >= 0.6 is 34.9 Å². The van der Waals surface area contributed by atoms with Gasteiger partial charge in [0.2, 0.25) is 5.91 Å². The topological polar surface area (TPSA) is 166 Å². The maximum atomic E-state index is 12.7. The fourth-order valence-corrected chi connectivity index (χ4v) is 6.30. The maximum absolute atomic E-state index is 12.7. The summed E-state index contributed by atoms with van der Waals surface area (Å²) in [7, 11) is 0. The van der Waals surface area contributed by atoms with Crippen LogP contribution in [0.15, 0.2) is 34.2 Å². The van der Waals surface area contributed by atoms with E-state index in [1.807, 2.05) is 0 Å². The smallest absolute Gasteiger partial charge is 1.00 e. The number of β-lactam (4-membered cyclic amide) rings is 1. The van der Waals surface area contributed by atoms with E-state index in [2.05, 4.69) is 20.5 Å². The number of thioether (sulfide) groups is 2. The summed E-state index contributed by atoms with van der Waals surface area (Å²) in [4.78, 5) is 53.4. The fraction of sp³-hybridized carbons (Fsp3) is 0.294. The van der Waals surface area contributed by atoms with Crippen LogP contribution in [-0.2, 0) is 20.8 Å². The molecule has 4 heterocycles. The third-order valence-electron chi connectivity index (χ3n) is 4.63. The molecule has 11 nitrogen and oxygen atoms in total. The number of amides is 2. The first-order valence-corrected chi connectivity index (χ1v) is 11.8. The van der Waals surface area contributed by atoms with Crippen molar-refractivity contribution in [3.63, 3.8) is 0 Å². The average molecular weight is 530 g/mol. The summed E-state index contributed by atoms with van der Waals surface area (Å²) >= 11 is 3.67. The Hall–Kier alpha value is -0.840. The van der Waals surface area contributed by atoms with Gasteiger partial charge >= 0.3 is 71.1 Å². The van der Waals surface area contributed by atoms with Crippen molar-refractivity contribution in [3.05, 3.63) is 39.5 Å². The number of carbonyl (C=O) groups is 4. The molecule has 0 spiro atoms. The Labute approximate surface area is 247 Å². The first-order valence-electron chi connectivity index (χ1n) is 8.84. The molecule has 4 N–H and O–H groups in total. The van der Waals surface area contributed by atoms with Crippen LogP contribution in [0.4, 0.5) is 0 Å². The van der Waals surface area contributed by atoms with Crippen LogP contribution in [0, 0.1) is 0 Å². The van der Waals surface area contributed by atoms with Gasteiger partial charge < -0.3 is 18.4 Å². The Morgan fingerprint density at radius 1 is 1.30 bits per heavy atom. The Morgan fingerprint density at radius 3 is 2.70 bits per heavy atom. The largest absolute Gasteiger partial charge is 1.00 e. The second-order valence-electron chi connectivity index (χ2n) is 6.55. The van der Waals surface area contributed by atoms with Gasteiger partial charge in [-0.15, -0.1) is 23.1 Å². The molecular weight excluding hydrogens is 512 g/mol. The Morgan fingerprint density at radius 2 is 2.06 bits per heavy atom. The molecular formula is C17H17N5Na2O6S3. The minimum atomic E-state index is -1.21. The molecule has 2 aliphatic heterocycles. The van der Waals surface area contributed by atoms with Crippen LogP contribution in [0.5, 0.6) is 0 Å². The van der Waals surface area contributed by atoms with E-state index in [0.717, 1.165) is 11.3 Å². The molecule has 2 aromatic heterocycles. The molecule has 33 heavy (non-hydrogen) atoms. The van der Waals surface area contributed by atoms with E-state index < -0.39 is 35.2 Å². The van der Waals surface area contributed by atoms with Crippen molar-refractivity contribution in [2.45, 2.75) is 23.0 Å². The predicted molar refractivity (Wildman–Crippen MR) is 114 cm³/mol. The number of nitrogens with one attached hydrogen (secondary N) is 2. The number of fused-ring (bicyclic) bond motifs is 1. The number of carbonyl (C=O) groups excluding carboxylic acids is 2. The van der Waals surface area contributed by atoms with Crippen molar-refractivity contribution in [1.29, 1.82) is 0 Å². The summed E-state index contributed by atoms with van der Waals surface area (Å²) in [5.41, 5.74) is 0.877. The fourth-order valence-electron chi connectivity index (χ4n) is 3.27. The van der Waals surface area contributed by atoms with Crippen LogP contribution < -0.4 is 64.4 Å². The first kappa shape index (κ1) is 28.4. The van der Waals surface area contributed by atoms with Crippen molar-refractivity contribution < 1.29 is 91.4 Å². The van der Waals surface area contributed by atoms with E-state index in [1.165, 1.54) is 34.8 Å². The van der Waals surface area contributed by atoms with Gasteiger partial charge in [-0.05, 0) is 22.6 Å². The predicted octanol–water partition coefficient (Wildman–Crippen LogP) is -5.13. The number of rotatable bonds is 8. The maximum Gasteiger partial charge on any atom is 1.00 e. The van der Waals surface area contributed by atoms with Crippen LogP contribution in [-0.4, -0.2) is 77.0 Å². The van der Waals surface area contributed by atoms with Crippen molar-refractivity contribution in [2.75, 3.05) is 11.5 Å². The van der Waals surface area contributed by atoms with Crippen LogP contribution in [0.3, 0.4) is 0 Å². The molecule has 1 fully saturated rings. The van der Waals surface area contributed by atoms with Crippen LogP contribution in [0.1, 0.15) is 18.1 Å². The summed E-state index contributed by atoms with van der Waals surface area (Å²) in [5.74, 6) is -2.61. The summed E-state index contributed by atoms with van der Waals surface area (Å²) in [6.07, 6.45) is 1.18. The molecule has 1 saturated heterocycles. The second-order valence-corrected chi connectivity index (χ2v) is 9.53. The van der Waals surface area contributed by atoms with Gasteiger partial charge in [-0.25, -0.2) is 14.6 Å². The van der Waals surface area contributed by atoms with Crippen molar-refractivity contribution >= 4 is 58.6 Å². The number of aromatic nitrogens is 3. The number of aliphatic carboxylic acids is 1. The van der Waals surface area contributed by atoms with E-state index in [4.69, 9.17) is 5.11 Å². The number of hydrogen-bond donors (Lipinski definition) is 4. The summed E-state index contributed by atoms with van der Waals surface area (Å²) < 4.78 is 0. The SMILES string of the molecule is O=C(Cc1ccsc1C(=O)O)NC1C(=O)N2C(C(=O)O)=C(CSc3ncn[nH]3)CS[C@H]12.[H-].[H-].[Na+].[Na+]. The van der Waals surface area contributed by atoms with Crippen molar-refractivity contribution in [1.82, 2.24) is 25.4 Å². The quantitative estimate of drug-likeness (QED) is 0.148. The van der Waals surface area contributed by atoms with E-state index in [0.29, 0.717) is 27.8 Å². The molecule has 16 heteroatoms. The molecule has 0 radical (unpaired) electrons.